The fourth-order valence-corrected chi connectivity index (χ4v) is 23.7. The number of unbranched alkanes of at least 4 members (excludes halogenated alkanes) is 2. The molecule has 0 saturated carbocycles. The molecule has 0 bridgehead atoms. The van der Waals surface area contributed by atoms with E-state index >= 15 is 0 Å². The SMILES string of the molecule is CCCCN1C(=O)CCC1=CCC(=O)OC1[C@@H](CO)O[C@@H](n2ccc(=O)[nH]c2=O)[C@H]1O[Si](C(C)C)(C(C)C)C(C)C.CCCCNC(=O)CCC(=O)CCC(=O)OC1[C@@H](CC)O[C@@H](n2ccc(=O)[nH]c2=O)[C@H]1O[Si](C(C)C)(C(C)C)C(C)C.[Cl-].[Cl-]. The number of likely N-dealkylation sites (tertiary alicyclic amines) is 1. The lowest BCUT2D eigenvalue weighted by Crippen LogP contribution is -3.00. The van der Waals surface area contributed by atoms with Crippen LogP contribution in [0.25, 0.3) is 0 Å². The summed E-state index contributed by atoms with van der Waals surface area (Å²) in [5.41, 5.74) is -0.427. The first-order valence-corrected chi connectivity index (χ1v) is 34.5. The quantitative estimate of drug-likeness (QED) is 0.0494. The number of esters is 2. The van der Waals surface area contributed by atoms with Crippen molar-refractivity contribution in [1.29, 1.82) is 0 Å². The Hall–Kier alpha value is -4.54. The topological polar surface area (TPSA) is 286 Å². The Bertz CT molecular complexity index is 2700. The molecule has 3 fully saturated rings. The molecule has 3 saturated heterocycles. The minimum Gasteiger partial charge on any atom is -1.00 e. The van der Waals surface area contributed by atoms with Gasteiger partial charge < -0.3 is 67.9 Å². The highest BCUT2D eigenvalue weighted by Gasteiger charge is 2.57. The lowest BCUT2D eigenvalue weighted by atomic mass is 10.1. The predicted molar refractivity (Wildman–Crippen MR) is 319 cm³/mol. The van der Waals surface area contributed by atoms with Crippen LogP contribution in [0.5, 0.6) is 0 Å². The van der Waals surface area contributed by atoms with E-state index in [1.54, 1.807) is 11.0 Å². The monoisotopic (exact) mass is 1270 g/mol. The van der Waals surface area contributed by atoms with Crippen LogP contribution < -0.4 is 52.6 Å². The van der Waals surface area contributed by atoms with Crippen molar-refractivity contribution < 1.29 is 81.7 Å². The van der Waals surface area contributed by atoms with Gasteiger partial charge in [0, 0.05) is 69.0 Å². The van der Waals surface area contributed by atoms with Crippen LogP contribution in [-0.2, 0) is 51.8 Å². The maximum Gasteiger partial charge on any atom is 0.330 e. The number of halogens is 2. The van der Waals surface area contributed by atoms with Crippen LogP contribution in [0.15, 0.2) is 55.5 Å². The minimum atomic E-state index is -2.60. The molecule has 3 aliphatic rings. The van der Waals surface area contributed by atoms with Gasteiger partial charge in [-0.2, -0.15) is 0 Å². The molecule has 484 valence electrons. The van der Waals surface area contributed by atoms with Crippen LogP contribution in [0.2, 0.25) is 33.2 Å². The van der Waals surface area contributed by atoms with Crippen LogP contribution in [0.3, 0.4) is 0 Å². The fourth-order valence-electron chi connectivity index (χ4n) is 12.6. The molecule has 26 heteroatoms. The number of nitrogens with zero attached hydrogens (tertiary/aromatic N) is 3. The summed E-state index contributed by atoms with van der Waals surface area (Å²) in [6.07, 6.45) is 2.52. The number of H-pyrrole nitrogens is 2. The second-order valence-electron chi connectivity index (χ2n) is 24.0. The molecule has 0 aromatic carbocycles. The normalized spacial score (nSPS) is 22.1. The maximum absolute atomic E-state index is 13.2. The number of allylic oxidation sites excluding steroid dienone is 1. The molecule has 22 nitrogen and oxygen atoms in total. The van der Waals surface area contributed by atoms with E-state index in [1.807, 2.05) is 13.8 Å². The summed E-state index contributed by atoms with van der Waals surface area (Å²) >= 11 is 0. The number of Topliss-reactive ketones (excluding diaryl/α,β-unsaturated/α-hetero) is 1. The van der Waals surface area contributed by atoms with Crippen molar-refractivity contribution >= 4 is 46.2 Å². The third-order valence-electron chi connectivity index (χ3n) is 16.6. The lowest BCUT2D eigenvalue weighted by molar-refractivity contribution is -0.156. The summed E-state index contributed by atoms with van der Waals surface area (Å²) in [4.78, 5) is 118. The molecular formula is C59H98Cl2N6O16Si2-2. The Balaban J connectivity index is 0.000000567. The summed E-state index contributed by atoms with van der Waals surface area (Å²) in [6, 6.07) is 2.46. The van der Waals surface area contributed by atoms with E-state index in [1.165, 1.54) is 33.7 Å². The van der Waals surface area contributed by atoms with Crippen molar-refractivity contribution in [2.45, 2.75) is 263 Å². The molecule has 3 aliphatic heterocycles. The number of aromatic amines is 2. The van der Waals surface area contributed by atoms with Crippen molar-refractivity contribution in [2.24, 2.45) is 0 Å². The average Bonchev–Trinajstić information content (AvgIpc) is 1.85. The largest absolute Gasteiger partial charge is 1.00 e. The van der Waals surface area contributed by atoms with E-state index < -0.39 is 107 Å². The number of hydrogen-bond acceptors (Lipinski definition) is 16. The molecular weight excluding hydrogens is 1180 g/mol. The number of rotatable bonds is 30. The van der Waals surface area contributed by atoms with E-state index in [4.69, 9.17) is 27.8 Å². The molecule has 5 rings (SSSR count). The standard InChI is InChI=1S/C30H51N3O8Si.C29H47N3O8Si.2ClH/c1-9-11-17-31-24(35)14-12-22(34)13-15-26(37)40-27-23(10-2)39-29(33-18-16-25(36)32-30(33)38)28(27)41-42(19(3)4,20(5)6)21(7)8;1-8-9-15-31-21(10-12-24(31)35)11-13-25(36)39-26-22(17-33)38-28(32-16-14-23(34)30-29(32)37)27(26)40-41(18(2)3,19(4)5)20(6)7;;/h16,18-21,23,27-29H,9-15,17H2,1-8H3,(H,31,35)(H,32,36,38);11,14,16,18-20,22,26-28,33H,8-10,12-13,15,17H2,1-7H3,(H,30,34,37);2*1H/p-2/t23-,27?,28+,29-;22-,26?,27+,28-;;/m11../s1. The van der Waals surface area contributed by atoms with Gasteiger partial charge in [0.2, 0.25) is 28.4 Å². The molecule has 2 amide bonds. The van der Waals surface area contributed by atoms with Crippen LogP contribution in [0, 0.1) is 0 Å². The summed E-state index contributed by atoms with van der Waals surface area (Å²) in [6.45, 7) is 32.3. The molecule has 4 N–H and O–H groups in total. The molecule has 8 atom stereocenters. The Morgan fingerprint density at radius 1 is 0.635 bits per heavy atom. The van der Waals surface area contributed by atoms with Crippen molar-refractivity contribution in [1.82, 2.24) is 29.3 Å². The molecule has 2 aromatic rings. The molecule has 0 spiro atoms. The van der Waals surface area contributed by atoms with Gasteiger partial charge in [0.25, 0.3) is 11.1 Å². The van der Waals surface area contributed by atoms with Gasteiger partial charge in [-0.15, -0.1) is 0 Å². The number of aromatic nitrogens is 4. The van der Waals surface area contributed by atoms with Crippen LogP contribution in [0.4, 0.5) is 0 Å². The number of ether oxygens (including phenoxy) is 4. The fraction of sp³-hybridized carbons (Fsp3) is 0.746. The number of nitrogens with one attached hydrogen (secondary N) is 3. The van der Waals surface area contributed by atoms with Crippen LogP contribution >= 0.6 is 0 Å². The summed E-state index contributed by atoms with van der Waals surface area (Å²) in [5, 5.41) is 13.0. The van der Waals surface area contributed by atoms with E-state index in [9.17, 15) is 48.3 Å². The zero-order chi connectivity index (χ0) is 62.1. The van der Waals surface area contributed by atoms with E-state index in [0.717, 1.165) is 31.4 Å². The first kappa shape index (κ1) is 76.6. The van der Waals surface area contributed by atoms with Crippen LogP contribution in [0.1, 0.15) is 193 Å². The first-order valence-electron chi connectivity index (χ1n) is 30.2. The number of ketones is 1. The van der Waals surface area contributed by atoms with Gasteiger partial charge in [-0.25, -0.2) is 9.59 Å². The Labute approximate surface area is 515 Å². The van der Waals surface area contributed by atoms with Gasteiger partial charge in [-0.3, -0.25) is 52.7 Å². The second kappa shape index (κ2) is 35.5. The van der Waals surface area contributed by atoms with Crippen molar-refractivity contribution in [3.63, 3.8) is 0 Å². The Morgan fingerprint density at radius 2 is 1.08 bits per heavy atom. The van der Waals surface area contributed by atoms with E-state index in [-0.39, 0.29) is 108 Å². The Morgan fingerprint density at radius 3 is 1.52 bits per heavy atom. The summed E-state index contributed by atoms with van der Waals surface area (Å²) in [7, 11) is -5.15. The third-order valence-corrected chi connectivity index (χ3v) is 28.8. The second-order valence-corrected chi connectivity index (χ2v) is 34.8. The Kier molecular flexibility index (Phi) is 31.9. The smallest absolute Gasteiger partial charge is 0.330 e. The minimum absolute atomic E-state index is 0. The maximum atomic E-state index is 13.2. The zero-order valence-corrected chi connectivity index (χ0v) is 56.3. The lowest BCUT2D eigenvalue weighted by Gasteiger charge is -2.45. The van der Waals surface area contributed by atoms with Gasteiger partial charge in [-0.05, 0) is 58.9 Å². The number of amides is 2. The third kappa shape index (κ3) is 19.5. The van der Waals surface area contributed by atoms with Gasteiger partial charge in [0.1, 0.15) is 24.1 Å². The van der Waals surface area contributed by atoms with E-state index in [0.29, 0.717) is 32.4 Å². The molecule has 85 heavy (non-hydrogen) atoms. The van der Waals surface area contributed by atoms with Gasteiger partial charge >= 0.3 is 23.3 Å². The first-order chi connectivity index (χ1) is 39.1. The number of aliphatic hydroxyl groups is 1. The van der Waals surface area contributed by atoms with Gasteiger partial charge in [-0.1, -0.05) is 123 Å². The molecule has 5 heterocycles. The van der Waals surface area contributed by atoms with Crippen LogP contribution in [-0.4, -0.2) is 132 Å². The number of carbonyl (C=O) groups excluding carboxylic acids is 5. The van der Waals surface area contributed by atoms with Gasteiger partial charge in [0.05, 0.1) is 25.6 Å². The predicted octanol–water partition coefficient (Wildman–Crippen LogP) is 1.97. The van der Waals surface area contributed by atoms with Crippen molar-refractivity contribution in [3.05, 3.63) is 78.0 Å². The van der Waals surface area contributed by atoms with E-state index in [2.05, 4.69) is 105 Å². The molecule has 0 aliphatic carbocycles. The number of aliphatic hydroxyl groups excluding tert-OH is 1. The van der Waals surface area contributed by atoms with Crippen molar-refractivity contribution in [3.8, 4) is 0 Å². The average molecular weight is 1270 g/mol. The van der Waals surface area contributed by atoms with Crippen molar-refractivity contribution in [2.75, 3.05) is 19.7 Å². The molecule has 0 radical (unpaired) electrons. The zero-order valence-electron chi connectivity index (χ0n) is 52.7. The number of carbonyl (C=O) groups is 5. The molecule has 2 unspecified atom stereocenters. The van der Waals surface area contributed by atoms with Gasteiger partial charge in [0.15, 0.2) is 24.7 Å². The highest BCUT2D eigenvalue weighted by molar-refractivity contribution is 6.78. The summed E-state index contributed by atoms with van der Waals surface area (Å²) < 4.78 is 41.0. The molecule has 2 aromatic heterocycles. The highest BCUT2D eigenvalue weighted by Crippen LogP contribution is 2.48. The summed E-state index contributed by atoms with van der Waals surface area (Å²) in [5.74, 6) is -1.43. The number of hydrogen-bond donors (Lipinski definition) is 4. The highest BCUT2D eigenvalue weighted by atomic mass is 35.5.